The quantitative estimate of drug-likeness (QED) is 0.194. The monoisotopic (exact) mass is 393 g/mol. The Hall–Kier alpha value is -3.25. The van der Waals surface area contributed by atoms with E-state index in [-0.39, 0.29) is 12.3 Å². The molecule has 1 atom stereocenters. The Morgan fingerprint density at radius 2 is 2.07 bits per heavy atom. The molecule has 1 heterocycles. The molecular formula is C23H24FN3O2. The Bertz CT molecular complexity index is 1060. The van der Waals surface area contributed by atoms with E-state index in [1.807, 2.05) is 31.3 Å². The molecule has 29 heavy (non-hydrogen) atoms. The molecule has 150 valence electrons. The lowest BCUT2D eigenvalue weighted by molar-refractivity contribution is -0.124. The van der Waals surface area contributed by atoms with Gasteiger partial charge in [-0.1, -0.05) is 37.3 Å². The topological polar surface area (TPSA) is 89.0 Å². The molecule has 5 nitrogen and oxygen atoms in total. The number of aromatic amines is 1. The molecule has 0 radical (unpaired) electrons. The Labute approximate surface area is 168 Å². The zero-order valence-electron chi connectivity index (χ0n) is 16.2. The zero-order chi connectivity index (χ0) is 20.8. The Balaban J connectivity index is 1.70. The van der Waals surface area contributed by atoms with Gasteiger partial charge in [-0.15, -0.1) is 0 Å². The first-order valence-corrected chi connectivity index (χ1v) is 9.54. The van der Waals surface area contributed by atoms with Crippen LogP contribution in [0.25, 0.3) is 17.0 Å². The van der Waals surface area contributed by atoms with Crippen molar-refractivity contribution in [1.82, 2.24) is 10.5 Å². The van der Waals surface area contributed by atoms with Crippen LogP contribution in [-0.2, 0) is 17.6 Å². The third kappa shape index (κ3) is 4.97. The summed E-state index contributed by atoms with van der Waals surface area (Å²) in [6.45, 7) is 2.05. The number of H-pyrrole nitrogens is 1. The highest BCUT2D eigenvalue weighted by Crippen LogP contribution is 2.24. The van der Waals surface area contributed by atoms with E-state index in [1.165, 1.54) is 23.2 Å². The molecule has 1 aromatic heterocycles. The van der Waals surface area contributed by atoms with Gasteiger partial charge in [0.25, 0.3) is 5.91 Å². The molecule has 2 aromatic carbocycles. The molecule has 4 N–H and O–H groups in total. The van der Waals surface area contributed by atoms with Gasteiger partial charge in [-0.05, 0) is 47.7 Å². The summed E-state index contributed by atoms with van der Waals surface area (Å²) in [6.07, 6.45) is 6.30. The molecule has 0 aliphatic rings. The van der Waals surface area contributed by atoms with Gasteiger partial charge in [0.15, 0.2) is 0 Å². The number of hydroxylamine groups is 1. The number of carbonyl (C=O) groups excluding carboxylic acids is 1. The fourth-order valence-electron chi connectivity index (χ4n) is 3.45. The van der Waals surface area contributed by atoms with E-state index in [4.69, 9.17) is 10.6 Å². The predicted molar refractivity (Wildman–Crippen MR) is 113 cm³/mol. The first-order chi connectivity index (χ1) is 14.0. The highest BCUT2D eigenvalue weighted by atomic mass is 19.1. The number of aromatic nitrogens is 1. The number of halogens is 1. The molecule has 6 heteroatoms. The van der Waals surface area contributed by atoms with Crippen LogP contribution < -0.4 is 5.48 Å². The van der Waals surface area contributed by atoms with Crippen molar-refractivity contribution in [2.45, 2.75) is 26.2 Å². The summed E-state index contributed by atoms with van der Waals surface area (Å²) in [5.74, 6) is -1.07. The number of carbonyl (C=O) groups is 1. The second kappa shape index (κ2) is 9.30. The molecule has 0 spiro atoms. The molecule has 0 aliphatic heterocycles. The maximum absolute atomic E-state index is 14.5. The summed E-state index contributed by atoms with van der Waals surface area (Å²) < 4.78 is 14.5. The fourth-order valence-corrected chi connectivity index (χ4v) is 3.45. The van der Waals surface area contributed by atoms with Crippen LogP contribution >= 0.6 is 0 Å². The summed E-state index contributed by atoms with van der Waals surface area (Å²) in [5, 5.41) is 18.2. The fraction of sp³-hybridized carbons (Fsp3) is 0.217. The summed E-state index contributed by atoms with van der Waals surface area (Å²) in [4.78, 5) is 14.3. The number of benzene rings is 2. The van der Waals surface area contributed by atoms with Crippen molar-refractivity contribution in [3.63, 3.8) is 0 Å². The average Bonchev–Trinajstić information content (AvgIpc) is 3.14. The minimum atomic E-state index is -0.681. The molecule has 3 aromatic rings. The highest BCUT2D eigenvalue weighted by molar-refractivity contribution is 5.91. The lowest BCUT2D eigenvalue weighted by Crippen LogP contribution is -2.18. The van der Waals surface area contributed by atoms with Crippen molar-refractivity contribution in [1.29, 1.82) is 5.41 Å². The Kier molecular flexibility index (Phi) is 6.57. The van der Waals surface area contributed by atoms with Gasteiger partial charge in [-0.25, -0.2) is 9.87 Å². The van der Waals surface area contributed by atoms with Crippen molar-refractivity contribution in [3.05, 3.63) is 77.2 Å². The molecule has 0 saturated carbocycles. The average molecular weight is 393 g/mol. The maximum Gasteiger partial charge on any atom is 0.267 e. The van der Waals surface area contributed by atoms with Gasteiger partial charge in [-0.3, -0.25) is 10.0 Å². The smallest absolute Gasteiger partial charge is 0.267 e. The van der Waals surface area contributed by atoms with Crippen molar-refractivity contribution >= 4 is 28.6 Å². The van der Waals surface area contributed by atoms with Crippen molar-refractivity contribution in [2.75, 3.05) is 0 Å². The Morgan fingerprint density at radius 1 is 1.28 bits per heavy atom. The highest BCUT2D eigenvalue weighted by Gasteiger charge is 2.17. The number of para-hydroxylation sites is 1. The number of fused-ring (bicyclic) bond motifs is 1. The van der Waals surface area contributed by atoms with Crippen LogP contribution in [-0.4, -0.2) is 21.8 Å². The van der Waals surface area contributed by atoms with Crippen molar-refractivity contribution < 1.29 is 14.4 Å². The molecule has 0 aliphatic carbocycles. The van der Waals surface area contributed by atoms with Gasteiger partial charge in [0, 0.05) is 41.2 Å². The standard InChI is InChI=1S/C23H24FN3O2/c1-2-16(12-18-14-26-22-6-4-3-5-19(18)22)21(25)13-17-9-7-15(11-20(17)24)8-10-23(28)27-29/h3-11,14,16,25-26,29H,2,12-13H2,1H3,(H,27,28)/b10-8+,25-21?/t16-/m1/s1. The van der Waals surface area contributed by atoms with Crippen LogP contribution in [0.2, 0.25) is 0 Å². The predicted octanol–water partition coefficient (Wildman–Crippen LogP) is 4.66. The van der Waals surface area contributed by atoms with E-state index in [1.54, 1.807) is 12.1 Å². The van der Waals surface area contributed by atoms with Gasteiger partial charge in [-0.2, -0.15) is 0 Å². The van der Waals surface area contributed by atoms with E-state index >= 15 is 0 Å². The second-order valence-corrected chi connectivity index (χ2v) is 7.03. The molecule has 0 unspecified atom stereocenters. The van der Waals surface area contributed by atoms with E-state index in [0.717, 1.165) is 29.8 Å². The van der Waals surface area contributed by atoms with E-state index in [9.17, 15) is 9.18 Å². The van der Waals surface area contributed by atoms with Gasteiger partial charge in [0.05, 0.1) is 0 Å². The number of hydrogen-bond acceptors (Lipinski definition) is 3. The van der Waals surface area contributed by atoms with Gasteiger partial charge >= 0.3 is 0 Å². The summed E-state index contributed by atoms with van der Waals surface area (Å²) in [7, 11) is 0. The zero-order valence-corrected chi connectivity index (χ0v) is 16.2. The van der Waals surface area contributed by atoms with E-state index < -0.39 is 11.7 Å². The molecule has 1 amide bonds. The molecular weight excluding hydrogens is 369 g/mol. The molecule has 0 bridgehead atoms. The van der Waals surface area contributed by atoms with Crippen molar-refractivity contribution in [2.24, 2.45) is 5.92 Å². The first kappa shape index (κ1) is 20.5. The first-order valence-electron chi connectivity index (χ1n) is 9.54. The van der Waals surface area contributed by atoms with Crippen LogP contribution in [0.1, 0.15) is 30.0 Å². The summed E-state index contributed by atoms with van der Waals surface area (Å²) in [5.41, 5.74) is 5.19. The molecule has 3 rings (SSSR count). The van der Waals surface area contributed by atoms with E-state index in [0.29, 0.717) is 16.8 Å². The second-order valence-electron chi connectivity index (χ2n) is 7.03. The summed E-state index contributed by atoms with van der Waals surface area (Å²) in [6, 6.07) is 12.7. The third-order valence-electron chi connectivity index (χ3n) is 5.12. The van der Waals surface area contributed by atoms with Crippen LogP contribution in [0, 0.1) is 17.1 Å². The number of rotatable bonds is 8. The number of amides is 1. The summed E-state index contributed by atoms with van der Waals surface area (Å²) >= 11 is 0. The van der Waals surface area contributed by atoms with Crippen LogP contribution in [0.3, 0.4) is 0 Å². The number of nitrogens with one attached hydrogen (secondary N) is 3. The van der Waals surface area contributed by atoms with Gasteiger partial charge < -0.3 is 10.4 Å². The van der Waals surface area contributed by atoms with Gasteiger partial charge in [0.1, 0.15) is 5.82 Å². The van der Waals surface area contributed by atoms with Crippen LogP contribution in [0.15, 0.2) is 54.7 Å². The minimum Gasteiger partial charge on any atom is -0.361 e. The largest absolute Gasteiger partial charge is 0.361 e. The SMILES string of the molecule is CC[C@H](Cc1c[nH]c2ccccc12)C(=N)Cc1ccc(/C=C/C(=O)NO)cc1F. The molecule has 0 saturated heterocycles. The van der Waals surface area contributed by atoms with E-state index in [2.05, 4.69) is 11.1 Å². The van der Waals surface area contributed by atoms with Crippen LogP contribution in [0.5, 0.6) is 0 Å². The number of hydrogen-bond donors (Lipinski definition) is 4. The lowest BCUT2D eigenvalue weighted by atomic mass is 9.88. The van der Waals surface area contributed by atoms with Gasteiger partial charge in [0.2, 0.25) is 0 Å². The minimum absolute atomic E-state index is 0.0291. The van der Waals surface area contributed by atoms with Crippen molar-refractivity contribution in [3.8, 4) is 0 Å². The van der Waals surface area contributed by atoms with Crippen LogP contribution in [0.4, 0.5) is 4.39 Å². The molecule has 0 fully saturated rings. The third-order valence-corrected chi connectivity index (χ3v) is 5.12. The Morgan fingerprint density at radius 3 is 2.79 bits per heavy atom. The maximum atomic E-state index is 14.5. The lowest BCUT2D eigenvalue weighted by Gasteiger charge is -2.17. The normalized spacial score (nSPS) is 12.4.